The predicted molar refractivity (Wildman–Crippen MR) is 108 cm³/mol. The number of hydrogen-bond donors (Lipinski definition) is 1. The number of rotatable bonds is 3. The highest BCUT2D eigenvalue weighted by Crippen LogP contribution is 2.34. The van der Waals surface area contributed by atoms with Crippen LogP contribution < -0.4 is 16.6 Å². The normalized spacial score (nSPS) is 13.6. The van der Waals surface area contributed by atoms with Crippen molar-refractivity contribution in [3.05, 3.63) is 60.6 Å². The second kappa shape index (κ2) is 6.98. The molecule has 1 aliphatic rings. The van der Waals surface area contributed by atoms with Crippen LogP contribution in [-0.2, 0) is 31.2 Å². The van der Waals surface area contributed by atoms with Crippen LogP contribution in [0.4, 0.5) is 5.69 Å². The molecule has 0 atom stereocenters. The highest BCUT2D eigenvalue weighted by atomic mass is 35.5. The summed E-state index contributed by atoms with van der Waals surface area (Å²) in [6.45, 7) is -0.144. The van der Waals surface area contributed by atoms with E-state index in [0.717, 1.165) is 40.7 Å². The Morgan fingerprint density at radius 3 is 2.63 bits per heavy atom. The van der Waals surface area contributed by atoms with Crippen LogP contribution in [-0.4, -0.2) is 15.0 Å². The van der Waals surface area contributed by atoms with Gasteiger partial charge in [-0.3, -0.25) is 18.7 Å². The molecule has 2 heterocycles. The quantitative estimate of drug-likeness (QED) is 0.730. The SMILES string of the molecule is Cn1c(=O)c2sc3c(c2n(CC(=O)Nc2ccc(Cl)cc2)c1=O)CCCC3. The molecule has 6 nitrogen and oxygen atoms in total. The second-order valence-corrected chi connectivity index (χ2v) is 8.22. The van der Waals surface area contributed by atoms with Crippen molar-refractivity contribution in [1.29, 1.82) is 0 Å². The predicted octanol–water partition coefficient (Wildman–Crippen LogP) is 2.93. The third-order valence-electron chi connectivity index (χ3n) is 4.86. The zero-order valence-electron chi connectivity index (χ0n) is 14.8. The number of hydrogen-bond acceptors (Lipinski definition) is 4. The van der Waals surface area contributed by atoms with Crippen molar-refractivity contribution < 1.29 is 4.79 Å². The molecule has 4 rings (SSSR count). The Hall–Kier alpha value is -2.38. The third kappa shape index (κ3) is 3.21. The summed E-state index contributed by atoms with van der Waals surface area (Å²) in [7, 11) is 1.45. The minimum atomic E-state index is -0.468. The van der Waals surface area contributed by atoms with Crippen molar-refractivity contribution in [2.45, 2.75) is 32.2 Å². The van der Waals surface area contributed by atoms with Crippen LogP contribution in [0.25, 0.3) is 10.2 Å². The van der Waals surface area contributed by atoms with Gasteiger partial charge in [-0.1, -0.05) is 11.6 Å². The fourth-order valence-corrected chi connectivity index (χ4v) is 5.01. The Labute approximate surface area is 164 Å². The van der Waals surface area contributed by atoms with Crippen molar-refractivity contribution in [1.82, 2.24) is 9.13 Å². The molecule has 0 unspecified atom stereocenters. The van der Waals surface area contributed by atoms with E-state index >= 15 is 0 Å². The van der Waals surface area contributed by atoms with Crippen LogP contribution in [0.5, 0.6) is 0 Å². The maximum absolute atomic E-state index is 12.8. The number of fused-ring (bicyclic) bond motifs is 3. The summed E-state index contributed by atoms with van der Waals surface area (Å²) in [5, 5.41) is 3.35. The molecular formula is C19H18ClN3O3S. The van der Waals surface area contributed by atoms with Crippen LogP contribution in [0.2, 0.25) is 5.02 Å². The lowest BCUT2D eigenvalue weighted by molar-refractivity contribution is -0.116. The highest BCUT2D eigenvalue weighted by Gasteiger charge is 2.23. The van der Waals surface area contributed by atoms with Crippen molar-refractivity contribution in [2.75, 3.05) is 5.32 Å². The van der Waals surface area contributed by atoms with Gasteiger partial charge in [0, 0.05) is 22.6 Å². The van der Waals surface area contributed by atoms with Crippen molar-refractivity contribution >= 4 is 44.7 Å². The molecule has 2 aromatic heterocycles. The first-order valence-corrected chi connectivity index (χ1v) is 9.94. The van der Waals surface area contributed by atoms with Gasteiger partial charge in [-0.25, -0.2) is 4.79 Å². The molecular weight excluding hydrogens is 386 g/mol. The number of aryl methyl sites for hydroxylation is 2. The molecule has 8 heteroatoms. The molecule has 0 aliphatic heterocycles. The van der Waals surface area contributed by atoms with E-state index in [4.69, 9.17) is 11.6 Å². The Morgan fingerprint density at radius 2 is 1.89 bits per heavy atom. The highest BCUT2D eigenvalue weighted by molar-refractivity contribution is 7.19. The van der Waals surface area contributed by atoms with Gasteiger partial charge < -0.3 is 5.32 Å². The molecule has 1 aliphatic carbocycles. The lowest BCUT2D eigenvalue weighted by Crippen LogP contribution is -2.40. The molecule has 0 fully saturated rings. The van der Waals surface area contributed by atoms with E-state index in [9.17, 15) is 14.4 Å². The average molecular weight is 404 g/mol. The molecule has 0 radical (unpaired) electrons. The number of halogens is 1. The molecule has 0 bridgehead atoms. The van der Waals surface area contributed by atoms with Gasteiger partial charge in [0.2, 0.25) is 5.91 Å². The fraction of sp³-hybridized carbons (Fsp3) is 0.316. The summed E-state index contributed by atoms with van der Waals surface area (Å²) >= 11 is 7.32. The number of amides is 1. The molecule has 3 aromatic rings. The molecule has 0 spiro atoms. The number of anilines is 1. The number of nitrogens with one attached hydrogen (secondary N) is 1. The van der Waals surface area contributed by atoms with E-state index in [-0.39, 0.29) is 18.0 Å². The number of carbonyl (C=O) groups is 1. The van der Waals surface area contributed by atoms with Gasteiger partial charge in [-0.05, 0) is 55.5 Å². The molecule has 0 saturated heterocycles. The van der Waals surface area contributed by atoms with Crippen LogP contribution in [0.15, 0.2) is 33.9 Å². The molecule has 1 N–H and O–H groups in total. The molecule has 0 saturated carbocycles. The Bertz CT molecular complexity index is 1160. The van der Waals surface area contributed by atoms with Gasteiger partial charge in [0.15, 0.2) is 0 Å². The summed E-state index contributed by atoms with van der Waals surface area (Å²) in [6, 6.07) is 6.77. The van der Waals surface area contributed by atoms with E-state index in [0.29, 0.717) is 20.9 Å². The Balaban J connectivity index is 1.77. The van der Waals surface area contributed by atoms with E-state index < -0.39 is 5.69 Å². The van der Waals surface area contributed by atoms with Gasteiger partial charge in [0.1, 0.15) is 11.2 Å². The molecule has 140 valence electrons. The topological polar surface area (TPSA) is 73.1 Å². The van der Waals surface area contributed by atoms with Crippen LogP contribution in [0.1, 0.15) is 23.3 Å². The third-order valence-corrected chi connectivity index (χ3v) is 6.38. The summed E-state index contributed by atoms with van der Waals surface area (Å²) in [5.74, 6) is -0.324. The lowest BCUT2D eigenvalue weighted by atomic mass is 9.98. The van der Waals surface area contributed by atoms with E-state index in [2.05, 4.69) is 5.32 Å². The van der Waals surface area contributed by atoms with Crippen LogP contribution >= 0.6 is 22.9 Å². The fourth-order valence-electron chi connectivity index (χ4n) is 3.52. The number of aromatic nitrogens is 2. The standard InChI is InChI=1S/C19H18ClN3O3S/c1-22-18(25)17-16(13-4-2-3-5-14(13)27-17)23(19(22)26)10-15(24)21-12-8-6-11(20)7-9-12/h6-9H,2-5,10H2,1H3,(H,21,24). The van der Waals surface area contributed by atoms with Gasteiger partial charge in [-0.15, -0.1) is 11.3 Å². The van der Waals surface area contributed by atoms with Crippen molar-refractivity contribution in [2.24, 2.45) is 7.05 Å². The van der Waals surface area contributed by atoms with E-state index in [1.54, 1.807) is 24.3 Å². The van der Waals surface area contributed by atoms with Gasteiger partial charge in [0.25, 0.3) is 5.56 Å². The van der Waals surface area contributed by atoms with Gasteiger partial charge >= 0.3 is 5.69 Å². The van der Waals surface area contributed by atoms with Crippen LogP contribution in [0, 0.1) is 0 Å². The lowest BCUT2D eigenvalue weighted by Gasteiger charge is -2.14. The zero-order chi connectivity index (χ0) is 19.1. The largest absolute Gasteiger partial charge is 0.331 e. The molecule has 1 aromatic carbocycles. The maximum Gasteiger partial charge on any atom is 0.331 e. The minimum Gasteiger partial charge on any atom is -0.325 e. The summed E-state index contributed by atoms with van der Waals surface area (Å²) in [4.78, 5) is 39.0. The van der Waals surface area contributed by atoms with E-state index in [1.807, 2.05) is 0 Å². The number of nitrogens with zero attached hydrogens (tertiary/aromatic N) is 2. The monoisotopic (exact) mass is 403 g/mol. The summed E-state index contributed by atoms with van der Waals surface area (Å²) < 4.78 is 3.07. The second-order valence-electron chi connectivity index (χ2n) is 6.68. The Kier molecular flexibility index (Phi) is 4.65. The summed E-state index contributed by atoms with van der Waals surface area (Å²) in [5.41, 5.74) is 1.53. The van der Waals surface area contributed by atoms with Gasteiger partial charge in [0.05, 0.1) is 5.52 Å². The minimum absolute atomic E-state index is 0.144. The number of benzene rings is 1. The van der Waals surface area contributed by atoms with Crippen molar-refractivity contribution in [3.63, 3.8) is 0 Å². The first kappa shape index (κ1) is 18.0. The molecule has 27 heavy (non-hydrogen) atoms. The van der Waals surface area contributed by atoms with Crippen molar-refractivity contribution in [3.8, 4) is 0 Å². The smallest absolute Gasteiger partial charge is 0.325 e. The average Bonchev–Trinajstić information content (AvgIpc) is 3.05. The summed E-state index contributed by atoms with van der Waals surface area (Å²) in [6.07, 6.45) is 3.87. The number of carbonyl (C=O) groups excluding carboxylic acids is 1. The first-order chi connectivity index (χ1) is 13.0. The first-order valence-electron chi connectivity index (χ1n) is 8.75. The zero-order valence-corrected chi connectivity index (χ0v) is 16.3. The molecule has 1 amide bonds. The number of thiophene rings is 1. The van der Waals surface area contributed by atoms with Crippen LogP contribution in [0.3, 0.4) is 0 Å². The van der Waals surface area contributed by atoms with E-state index in [1.165, 1.54) is 23.0 Å². The van der Waals surface area contributed by atoms with Gasteiger partial charge in [-0.2, -0.15) is 0 Å². The maximum atomic E-state index is 12.8. The Morgan fingerprint density at radius 1 is 1.19 bits per heavy atom.